The van der Waals surface area contributed by atoms with Crippen molar-refractivity contribution in [1.29, 1.82) is 0 Å². The van der Waals surface area contributed by atoms with Gasteiger partial charge in [-0.1, -0.05) is 18.7 Å². The second kappa shape index (κ2) is 3.03. The molecule has 1 aromatic heterocycles. The first-order valence-corrected chi connectivity index (χ1v) is 4.25. The van der Waals surface area contributed by atoms with Gasteiger partial charge in [0.1, 0.15) is 0 Å². The van der Waals surface area contributed by atoms with Crippen LogP contribution in [0.5, 0.6) is 0 Å². The lowest BCUT2D eigenvalue weighted by atomic mass is 10.1. The molecule has 3 N–H and O–H groups in total. The molecule has 1 heterocycles. The summed E-state index contributed by atoms with van der Waals surface area (Å²) in [6, 6.07) is 7.59. The number of hydrogen-bond acceptors (Lipinski definition) is 1. The highest BCUT2D eigenvalue weighted by atomic mass is 16.1. The topological polar surface area (TPSA) is 58.9 Å². The number of hydrogen-bond donors (Lipinski definition) is 2. The smallest absolute Gasteiger partial charge is 0.248 e. The van der Waals surface area contributed by atoms with Crippen LogP contribution in [0.15, 0.2) is 37.0 Å². The number of aromatic amines is 1. The van der Waals surface area contributed by atoms with E-state index in [9.17, 15) is 4.79 Å². The van der Waals surface area contributed by atoms with Gasteiger partial charge in [-0.2, -0.15) is 0 Å². The van der Waals surface area contributed by atoms with Gasteiger partial charge in [0.05, 0.1) is 0 Å². The van der Waals surface area contributed by atoms with Crippen LogP contribution in [-0.2, 0) is 4.79 Å². The highest BCUT2D eigenvalue weighted by Crippen LogP contribution is 2.18. The van der Waals surface area contributed by atoms with Crippen molar-refractivity contribution in [3.05, 3.63) is 42.6 Å². The Hall–Kier alpha value is -2.03. The number of carbonyl (C=O) groups excluding carboxylic acids is 1. The van der Waals surface area contributed by atoms with Crippen molar-refractivity contribution in [2.75, 3.05) is 0 Å². The Morgan fingerprint density at radius 2 is 2.14 bits per heavy atom. The molecular formula is C11H10N2O. The normalized spacial score (nSPS) is 10.3. The summed E-state index contributed by atoms with van der Waals surface area (Å²) in [5.41, 5.74) is 7.21. The number of nitrogens with one attached hydrogen (secondary N) is 1. The summed E-state index contributed by atoms with van der Waals surface area (Å²) >= 11 is 0. The van der Waals surface area contributed by atoms with Crippen LogP contribution in [0, 0.1) is 0 Å². The number of H-pyrrole nitrogens is 1. The van der Waals surface area contributed by atoms with Crippen LogP contribution in [0.3, 0.4) is 0 Å². The molecule has 2 rings (SSSR count). The minimum absolute atomic E-state index is 0.335. The average Bonchev–Trinajstić information content (AvgIpc) is 2.62. The monoisotopic (exact) mass is 186 g/mol. The van der Waals surface area contributed by atoms with Gasteiger partial charge in [-0.05, 0) is 23.1 Å². The SMILES string of the molecule is C=C(C(N)=O)c1ccc2cc[nH]c2c1. The molecule has 3 heteroatoms. The van der Waals surface area contributed by atoms with Crippen molar-refractivity contribution in [3.8, 4) is 0 Å². The van der Waals surface area contributed by atoms with E-state index in [-0.39, 0.29) is 0 Å². The van der Waals surface area contributed by atoms with Gasteiger partial charge in [-0.15, -0.1) is 0 Å². The summed E-state index contributed by atoms with van der Waals surface area (Å²) < 4.78 is 0. The first-order valence-electron chi connectivity index (χ1n) is 4.25. The van der Waals surface area contributed by atoms with E-state index in [1.165, 1.54) is 0 Å². The van der Waals surface area contributed by atoms with Crippen LogP contribution < -0.4 is 5.73 Å². The molecule has 14 heavy (non-hydrogen) atoms. The van der Waals surface area contributed by atoms with Crippen molar-refractivity contribution in [2.45, 2.75) is 0 Å². The van der Waals surface area contributed by atoms with Crippen LogP contribution >= 0.6 is 0 Å². The molecule has 0 saturated carbocycles. The Balaban J connectivity index is 2.54. The third-order valence-electron chi connectivity index (χ3n) is 2.20. The molecule has 1 amide bonds. The molecule has 0 fully saturated rings. The number of fused-ring (bicyclic) bond motifs is 1. The highest BCUT2D eigenvalue weighted by Gasteiger charge is 2.05. The molecule has 2 aromatic rings. The van der Waals surface area contributed by atoms with Gasteiger partial charge in [-0.25, -0.2) is 0 Å². The molecule has 0 bridgehead atoms. The fourth-order valence-corrected chi connectivity index (χ4v) is 1.38. The van der Waals surface area contributed by atoms with E-state index in [2.05, 4.69) is 11.6 Å². The van der Waals surface area contributed by atoms with E-state index in [0.717, 1.165) is 16.5 Å². The minimum atomic E-state index is -0.490. The van der Waals surface area contributed by atoms with Crippen molar-refractivity contribution in [3.63, 3.8) is 0 Å². The zero-order valence-corrected chi connectivity index (χ0v) is 7.58. The third kappa shape index (κ3) is 1.29. The van der Waals surface area contributed by atoms with Gasteiger partial charge in [0.2, 0.25) is 5.91 Å². The standard InChI is InChI=1S/C11H10N2O/c1-7(11(12)14)9-3-2-8-4-5-13-10(8)6-9/h2-6,13H,1H2,(H2,12,14). The molecule has 0 spiro atoms. The molecule has 0 aliphatic rings. The Labute approximate surface area is 81.2 Å². The predicted molar refractivity (Wildman–Crippen MR) is 56.5 cm³/mol. The second-order valence-corrected chi connectivity index (χ2v) is 3.12. The fourth-order valence-electron chi connectivity index (χ4n) is 1.38. The first kappa shape index (κ1) is 8.56. The molecule has 0 aliphatic heterocycles. The number of primary amides is 1. The predicted octanol–water partition coefficient (Wildman–Crippen LogP) is 1.67. The Bertz CT molecular complexity index is 511. The maximum absolute atomic E-state index is 10.9. The van der Waals surface area contributed by atoms with Crippen LogP contribution in [0.1, 0.15) is 5.56 Å². The quantitative estimate of drug-likeness (QED) is 0.688. The van der Waals surface area contributed by atoms with E-state index >= 15 is 0 Å². The van der Waals surface area contributed by atoms with E-state index in [0.29, 0.717) is 5.57 Å². The van der Waals surface area contributed by atoms with Gasteiger partial charge in [-0.3, -0.25) is 4.79 Å². The summed E-state index contributed by atoms with van der Waals surface area (Å²) in [5, 5.41) is 1.10. The summed E-state index contributed by atoms with van der Waals surface area (Å²) in [6.45, 7) is 3.63. The molecule has 70 valence electrons. The number of benzene rings is 1. The highest BCUT2D eigenvalue weighted by molar-refractivity contribution is 6.18. The van der Waals surface area contributed by atoms with E-state index < -0.39 is 5.91 Å². The maximum atomic E-state index is 10.9. The van der Waals surface area contributed by atoms with Crippen molar-refractivity contribution in [1.82, 2.24) is 4.98 Å². The van der Waals surface area contributed by atoms with E-state index in [1.807, 2.05) is 30.5 Å². The van der Waals surface area contributed by atoms with Gasteiger partial charge >= 0.3 is 0 Å². The summed E-state index contributed by atoms with van der Waals surface area (Å²) in [6.07, 6.45) is 1.85. The summed E-state index contributed by atoms with van der Waals surface area (Å²) in [5.74, 6) is -0.490. The Kier molecular flexibility index (Phi) is 1.85. The molecule has 3 nitrogen and oxygen atoms in total. The minimum Gasteiger partial charge on any atom is -0.366 e. The zero-order chi connectivity index (χ0) is 10.1. The van der Waals surface area contributed by atoms with Gasteiger partial charge in [0.25, 0.3) is 0 Å². The number of nitrogens with two attached hydrogens (primary N) is 1. The van der Waals surface area contributed by atoms with Gasteiger partial charge in [0.15, 0.2) is 0 Å². The van der Waals surface area contributed by atoms with Gasteiger partial charge in [0, 0.05) is 17.3 Å². The molecule has 0 radical (unpaired) electrons. The Morgan fingerprint density at radius 3 is 2.86 bits per heavy atom. The molecular weight excluding hydrogens is 176 g/mol. The number of aromatic nitrogens is 1. The average molecular weight is 186 g/mol. The van der Waals surface area contributed by atoms with Crippen molar-refractivity contribution in [2.24, 2.45) is 5.73 Å². The number of rotatable bonds is 2. The van der Waals surface area contributed by atoms with E-state index in [1.54, 1.807) is 0 Å². The van der Waals surface area contributed by atoms with Crippen LogP contribution in [0.25, 0.3) is 16.5 Å². The fraction of sp³-hybridized carbons (Fsp3) is 0. The first-order chi connectivity index (χ1) is 6.68. The number of carbonyl (C=O) groups is 1. The lowest BCUT2D eigenvalue weighted by Crippen LogP contribution is -2.11. The Morgan fingerprint density at radius 1 is 1.36 bits per heavy atom. The third-order valence-corrected chi connectivity index (χ3v) is 2.20. The van der Waals surface area contributed by atoms with Crippen molar-refractivity contribution < 1.29 is 4.79 Å². The van der Waals surface area contributed by atoms with Gasteiger partial charge < -0.3 is 10.7 Å². The summed E-state index contributed by atoms with van der Waals surface area (Å²) in [4.78, 5) is 13.9. The largest absolute Gasteiger partial charge is 0.366 e. The van der Waals surface area contributed by atoms with Crippen LogP contribution in [-0.4, -0.2) is 10.9 Å². The lowest BCUT2D eigenvalue weighted by Gasteiger charge is -2.00. The summed E-state index contributed by atoms with van der Waals surface area (Å²) in [7, 11) is 0. The molecule has 0 atom stereocenters. The number of amides is 1. The molecule has 0 saturated heterocycles. The van der Waals surface area contributed by atoms with Crippen molar-refractivity contribution >= 4 is 22.4 Å². The van der Waals surface area contributed by atoms with Crippen LogP contribution in [0.2, 0.25) is 0 Å². The maximum Gasteiger partial charge on any atom is 0.248 e. The molecule has 0 aliphatic carbocycles. The second-order valence-electron chi connectivity index (χ2n) is 3.12. The molecule has 1 aromatic carbocycles. The lowest BCUT2D eigenvalue weighted by molar-refractivity contribution is -0.112. The van der Waals surface area contributed by atoms with Crippen LogP contribution in [0.4, 0.5) is 0 Å². The molecule has 0 unspecified atom stereocenters. The zero-order valence-electron chi connectivity index (χ0n) is 7.58. The van der Waals surface area contributed by atoms with E-state index in [4.69, 9.17) is 5.73 Å².